The van der Waals surface area contributed by atoms with Crippen LogP contribution >= 0.6 is 0 Å². The number of nitrogen functional groups attached to an aromatic ring is 1. The van der Waals surface area contributed by atoms with Gasteiger partial charge in [0.1, 0.15) is 0 Å². The fourth-order valence-corrected chi connectivity index (χ4v) is 1.80. The summed E-state index contributed by atoms with van der Waals surface area (Å²) in [4.78, 5) is 0. The zero-order valence-electron chi connectivity index (χ0n) is 9.72. The van der Waals surface area contributed by atoms with E-state index in [4.69, 9.17) is 11.0 Å². The third kappa shape index (κ3) is 2.13. The maximum atomic E-state index is 8.88. The molecule has 0 saturated heterocycles. The van der Waals surface area contributed by atoms with E-state index in [9.17, 15) is 0 Å². The standard InChI is InChI=1S/C13H14N4/c1-2-4-13-12(15)9-16-17(13)11-6-3-5-10(7-11)8-14/h3,5-7,9H,2,4,15H2,1H3. The molecule has 0 aliphatic rings. The van der Waals surface area contributed by atoms with E-state index < -0.39 is 0 Å². The summed E-state index contributed by atoms with van der Waals surface area (Å²) in [5, 5.41) is 13.1. The van der Waals surface area contributed by atoms with Gasteiger partial charge in [-0.25, -0.2) is 4.68 Å². The van der Waals surface area contributed by atoms with Gasteiger partial charge in [-0.05, 0) is 24.6 Å². The first-order valence-corrected chi connectivity index (χ1v) is 5.59. The van der Waals surface area contributed by atoms with Crippen LogP contribution in [0.2, 0.25) is 0 Å². The normalized spacial score (nSPS) is 10.1. The molecule has 0 aliphatic heterocycles. The molecule has 0 spiro atoms. The summed E-state index contributed by atoms with van der Waals surface area (Å²) in [6, 6.07) is 9.48. The van der Waals surface area contributed by atoms with Crippen molar-refractivity contribution in [2.24, 2.45) is 0 Å². The molecule has 0 fully saturated rings. The van der Waals surface area contributed by atoms with Crippen LogP contribution in [0.1, 0.15) is 24.6 Å². The second-order valence-corrected chi connectivity index (χ2v) is 3.87. The van der Waals surface area contributed by atoms with Crippen LogP contribution < -0.4 is 5.73 Å². The molecule has 4 heteroatoms. The van der Waals surface area contributed by atoms with Crippen molar-refractivity contribution >= 4 is 5.69 Å². The van der Waals surface area contributed by atoms with Crippen molar-refractivity contribution in [1.82, 2.24) is 9.78 Å². The molecule has 86 valence electrons. The molecule has 0 saturated carbocycles. The fourth-order valence-electron chi connectivity index (χ4n) is 1.80. The summed E-state index contributed by atoms with van der Waals surface area (Å²) < 4.78 is 1.81. The average molecular weight is 226 g/mol. The molecule has 0 radical (unpaired) electrons. The van der Waals surface area contributed by atoms with Gasteiger partial charge in [0.15, 0.2) is 0 Å². The van der Waals surface area contributed by atoms with E-state index in [1.54, 1.807) is 16.9 Å². The lowest BCUT2D eigenvalue weighted by molar-refractivity contribution is 0.776. The minimum Gasteiger partial charge on any atom is -0.396 e. The highest BCUT2D eigenvalue weighted by Gasteiger charge is 2.09. The first-order chi connectivity index (χ1) is 8.26. The van der Waals surface area contributed by atoms with Crippen molar-refractivity contribution in [3.05, 3.63) is 41.7 Å². The molecule has 2 aromatic rings. The summed E-state index contributed by atoms with van der Waals surface area (Å²) in [7, 11) is 0. The van der Waals surface area contributed by atoms with Crippen molar-refractivity contribution in [3.63, 3.8) is 0 Å². The Morgan fingerprint density at radius 2 is 2.29 bits per heavy atom. The Labute approximate surface area is 100 Å². The number of hydrogen-bond donors (Lipinski definition) is 1. The second-order valence-electron chi connectivity index (χ2n) is 3.87. The SMILES string of the molecule is CCCc1c(N)cnn1-c1cccc(C#N)c1. The Hall–Kier alpha value is -2.28. The van der Waals surface area contributed by atoms with E-state index in [-0.39, 0.29) is 0 Å². The average Bonchev–Trinajstić information content (AvgIpc) is 2.72. The molecule has 0 amide bonds. The molecule has 0 aliphatic carbocycles. The Bertz CT molecular complexity index is 563. The van der Waals surface area contributed by atoms with Gasteiger partial charge in [-0.3, -0.25) is 0 Å². The van der Waals surface area contributed by atoms with E-state index in [0.29, 0.717) is 11.3 Å². The van der Waals surface area contributed by atoms with Gasteiger partial charge in [-0.15, -0.1) is 0 Å². The van der Waals surface area contributed by atoms with Gasteiger partial charge in [0.2, 0.25) is 0 Å². The summed E-state index contributed by atoms with van der Waals surface area (Å²) in [5.41, 5.74) is 9.10. The predicted octanol–water partition coefficient (Wildman–Crippen LogP) is 2.28. The number of anilines is 1. The van der Waals surface area contributed by atoms with E-state index in [1.807, 2.05) is 18.2 Å². The first-order valence-electron chi connectivity index (χ1n) is 5.59. The van der Waals surface area contributed by atoms with Gasteiger partial charge in [-0.2, -0.15) is 10.4 Å². The number of nitriles is 1. The maximum Gasteiger partial charge on any atom is 0.0992 e. The van der Waals surface area contributed by atoms with Crippen LogP contribution in [-0.4, -0.2) is 9.78 Å². The number of rotatable bonds is 3. The third-order valence-corrected chi connectivity index (χ3v) is 2.61. The molecule has 1 aromatic carbocycles. The lowest BCUT2D eigenvalue weighted by Gasteiger charge is -2.07. The van der Waals surface area contributed by atoms with Gasteiger partial charge in [-0.1, -0.05) is 19.4 Å². The number of benzene rings is 1. The molecule has 4 nitrogen and oxygen atoms in total. The molecule has 1 heterocycles. The second kappa shape index (κ2) is 4.71. The quantitative estimate of drug-likeness (QED) is 0.873. The summed E-state index contributed by atoms with van der Waals surface area (Å²) in [5.74, 6) is 0. The molecule has 2 N–H and O–H groups in total. The molecule has 17 heavy (non-hydrogen) atoms. The lowest BCUT2D eigenvalue weighted by atomic mass is 10.2. The van der Waals surface area contributed by atoms with Crippen LogP contribution in [-0.2, 0) is 6.42 Å². The van der Waals surface area contributed by atoms with Crippen LogP contribution in [0.25, 0.3) is 5.69 Å². The zero-order chi connectivity index (χ0) is 12.3. The van der Waals surface area contributed by atoms with Crippen molar-refractivity contribution in [3.8, 4) is 11.8 Å². The summed E-state index contributed by atoms with van der Waals surface area (Å²) in [6.45, 7) is 2.10. The molecular formula is C13H14N4. The Balaban J connectivity index is 2.49. The Morgan fingerprint density at radius 3 is 3.00 bits per heavy atom. The lowest BCUT2D eigenvalue weighted by Crippen LogP contribution is -2.03. The largest absolute Gasteiger partial charge is 0.396 e. The highest BCUT2D eigenvalue weighted by molar-refractivity contribution is 5.48. The number of nitrogens with two attached hydrogens (primary N) is 1. The van der Waals surface area contributed by atoms with Crippen LogP contribution in [0, 0.1) is 11.3 Å². The minimum atomic E-state index is 0.624. The van der Waals surface area contributed by atoms with E-state index in [0.717, 1.165) is 24.2 Å². The molecular weight excluding hydrogens is 212 g/mol. The zero-order valence-corrected chi connectivity index (χ0v) is 9.72. The number of hydrogen-bond acceptors (Lipinski definition) is 3. The molecule has 0 bridgehead atoms. The summed E-state index contributed by atoms with van der Waals surface area (Å²) >= 11 is 0. The monoisotopic (exact) mass is 226 g/mol. The third-order valence-electron chi connectivity index (χ3n) is 2.61. The van der Waals surface area contributed by atoms with E-state index in [2.05, 4.69) is 18.1 Å². The highest BCUT2D eigenvalue weighted by Crippen LogP contribution is 2.18. The van der Waals surface area contributed by atoms with Gasteiger partial charge in [0.25, 0.3) is 0 Å². The van der Waals surface area contributed by atoms with E-state index in [1.165, 1.54) is 0 Å². The molecule has 1 aromatic heterocycles. The van der Waals surface area contributed by atoms with Gasteiger partial charge in [0.05, 0.1) is 34.9 Å². The summed E-state index contributed by atoms with van der Waals surface area (Å²) in [6.07, 6.45) is 3.54. The van der Waals surface area contributed by atoms with Crippen LogP contribution in [0.4, 0.5) is 5.69 Å². The molecule has 2 rings (SSSR count). The first kappa shape index (κ1) is 11.2. The van der Waals surface area contributed by atoms with Gasteiger partial charge >= 0.3 is 0 Å². The molecule has 0 unspecified atom stereocenters. The van der Waals surface area contributed by atoms with Gasteiger partial charge < -0.3 is 5.73 Å². The Kier molecular flexibility index (Phi) is 3.10. The smallest absolute Gasteiger partial charge is 0.0992 e. The van der Waals surface area contributed by atoms with Crippen molar-refractivity contribution in [2.75, 3.05) is 5.73 Å². The van der Waals surface area contributed by atoms with Crippen molar-refractivity contribution < 1.29 is 0 Å². The topological polar surface area (TPSA) is 67.6 Å². The highest BCUT2D eigenvalue weighted by atomic mass is 15.3. The number of aromatic nitrogens is 2. The molecule has 0 atom stereocenters. The fraction of sp³-hybridized carbons (Fsp3) is 0.231. The Morgan fingerprint density at radius 1 is 1.47 bits per heavy atom. The van der Waals surface area contributed by atoms with Crippen molar-refractivity contribution in [2.45, 2.75) is 19.8 Å². The van der Waals surface area contributed by atoms with Gasteiger partial charge in [0, 0.05) is 0 Å². The maximum absolute atomic E-state index is 8.88. The van der Waals surface area contributed by atoms with Crippen LogP contribution in [0.15, 0.2) is 30.5 Å². The number of nitrogens with zero attached hydrogens (tertiary/aromatic N) is 3. The minimum absolute atomic E-state index is 0.624. The predicted molar refractivity (Wildman–Crippen MR) is 66.7 cm³/mol. The van der Waals surface area contributed by atoms with Crippen LogP contribution in [0.3, 0.4) is 0 Å². The van der Waals surface area contributed by atoms with Crippen molar-refractivity contribution in [1.29, 1.82) is 5.26 Å². The van der Waals surface area contributed by atoms with E-state index >= 15 is 0 Å². The van der Waals surface area contributed by atoms with Crippen LogP contribution in [0.5, 0.6) is 0 Å².